The van der Waals surface area contributed by atoms with Crippen molar-refractivity contribution in [1.82, 2.24) is 0 Å². The van der Waals surface area contributed by atoms with Crippen LogP contribution in [0.2, 0.25) is 5.02 Å². The van der Waals surface area contributed by atoms with Gasteiger partial charge in [-0.05, 0) is 43.2 Å². The summed E-state index contributed by atoms with van der Waals surface area (Å²) in [6.45, 7) is 4.14. The number of benzene rings is 1. The predicted molar refractivity (Wildman–Crippen MR) is 82.3 cm³/mol. The normalized spacial score (nSPS) is 10.9. The highest BCUT2D eigenvalue weighted by atomic mass is 35.5. The van der Waals surface area contributed by atoms with Crippen LogP contribution in [0.25, 0.3) is 0 Å². The van der Waals surface area contributed by atoms with Gasteiger partial charge in [-0.25, -0.2) is 0 Å². The maximum absolute atomic E-state index is 10.8. The molecule has 4 nitrogen and oxygen atoms in total. The van der Waals surface area contributed by atoms with E-state index in [2.05, 4.69) is 13.8 Å². The second kappa shape index (κ2) is 7.36. The molecule has 118 valence electrons. The minimum atomic E-state index is -1.33. The Morgan fingerprint density at radius 3 is 2.59 bits per heavy atom. The van der Waals surface area contributed by atoms with Gasteiger partial charge in [0.05, 0.1) is 6.10 Å². The number of halogens is 1. The maximum Gasteiger partial charge on any atom is 0.149 e. The molecule has 0 fully saturated rings. The van der Waals surface area contributed by atoms with Crippen molar-refractivity contribution in [2.24, 2.45) is 0 Å². The number of hydrogen-bond acceptors (Lipinski definition) is 4. The van der Waals surface area contributed by atoms with Crippen molar-refractivity contribution in [1.29, 1.82) is 0 Å². The fraction of sp³-hybridized carbons (Fsp3) is 0.353. The molecule has 0 aliphatic heterocycles. The molecule has 0 aliphatic rings. The molecule has 0 spiro atoms. The summed E-state index contributed by atoms with van der Waals surface area (Å²) in [5, 5.41) is 11.4. The number of carbonyl (C=O) groups is 1. The van der Waals surface area contributed by atoms with Crippen LogP contribution in [0.4, 0.5) is 0 Å². The van der Waals surface area contributed by atoms with Crippen molar-refractivity contribution in [3.8, 4) is 5.75 Å². The van der Waals surface area contributed by atoms with E-state index < -0.39 is 5.97 Å². The minimum absolute atomic E-state index is 0.135. The summed E-state index contributed by atoms with van der Waals surface area (Å²) in [5.74, 6) is -0.245. The number of aromatic carboxylic acids is 1. The van der Waals surface area contributed by atoms with Gasteiger partial charge in [-0.1, -0.05) is 25.4 Å². The Hall–Kier alpha value is -1.94. The number of rotatable bonds is 7. The molecule has 0 saturated carbocycles. The van der Waals surface area contributed by atoms with E-state index in [1.807, 2.05) is 6.07 Å². The summed E-state index contributed by atoms with van der Waals surface area (Å²) in [7, 11) is 0. The van der Waals surface area contributed by atoms with E-state index in [4.69, 9.17) is 20.8 Å². The topological polar surface area (TPSA) is 62.5 Å². The zero-order valence-electron chi connectivity index (χ0n) is 12.6. The van der Waals surface area contributed by atoms with Crippen LogP contribution in [-0.2, 0) is 6.42 Å². The molecule has 5 heteroatoms. The molecule has 0 bridgehead atoms. The Bertz CT molecular complexity index is 644. The van der Waals surface area contributed by atoms with Crippen LogP contribution >= 0.6 is 11.6 Å². The second-order valence-electron chi connectivity index (χ2n) is 5.04. The monoisotopic (exact) mass is 321 g/mol. The molecule has 0 aliphatic carbocycles. The van der Waals surface area contributed by atoms with E-state index >= 15 is 0 Å². The molecule has 2 aromatic rings. The van der Waals surface area contributed by atoms with E-state index in [9.17, 15) is 9.90 Å². The van der Waals surface area contributed by atoms with Gasteiger partial charge in [0.2, 0.25) is 0 Å². The summed E-state index contributed by atoms with van der Waals surface area (Å²) < 4.78 is 11.2. The van der Waals surface area contributed by atoms with Gasteiger partial charge in [0.15, 0.2) is 0 Å². The van der Waals surface area contributed by atoms with Gasteiger partial charge in [0.1, 0.15) is 23.2 Å². The molecule has 0 atom stereocenters. The molecule has 0 saturated heterocycles. The number of hydrogen-bond donors (Lipinski definition) is 0. The highest BCUT2D eigenvalue weighted by Crippen LogP contribution is 2.27. The smallest absolute Gasteiger partial charge is 0.149 e. The van der Waals surface area contributed by atoms with Crippen LogP contribution in [0.3, 0.4) is 0 Å². The number of carbonyl (C=O) groups excluding carboxylic acids is 1. The lowest BCUT2D eigenvalue weighted by Gasteiger charge is -2.18. The molecule has 0 N–H and O–H groups in total. The van der Waals surface area contributed by atoms with E-state index in [0.29, 0.717) is 17.2 Å². The van der Waals surface area contributed by atoms with Gasteiger partial charge in [-0.3, -0.25) is 0 Å². The van der Waals surface area contributed by atoms with Crippen molar-refractivity contribution in [2.45, 2.75) is 39.2 Å². The second-order valence-corrected chi connectivity index (χ2v) is 5.48. The molecule has 0 radical (unpaired) electrons. The first-order valence-corrected chi connectivity index (χ1v) is 7.66. The predicted octanol–water partition coefficient (Wildman–Crippen LogP) is 3.45. The first-order valence-electron chi connectivity index (χ1n) is 7.28. The maximum atomic E-state index is 10.8. The molecule has 1 aromatic carbocycles. The largest absolute Gasteiger partial charge is 0.542 e. The Labute approximate surface area is 134 Å². The lowest BCUT2D eigenvalue weighted by atomic mass is 10.1. The van der Waals surface area contributed by atoms with Crippen LogP contribution in [0.1, 0.15) is 48.6 Å². The lowest BCUT2D eigenvalue weighted by molar-refractivity contribution is -0.257. The van der Waals surface area contributed by atoms with Crippen LogP contribution in [0.15, 0.2) is 34.7 Å². The fourth-order valence-corrected chi connectivity index (χ4v) is 2.40. The molecule has 2 rings (SSSR count). The number of furan rings is 1. The number of ether oxygens (including phenoxy) is 1. The summed E-state index contributed by atoms with van der Waals surface area (Å²) in [6, 6.07) is 8.42. The number of carboxylic acids is 1. The average Bonchev–Trinajstić information content (AvgIpc) is 2.95. The quantitative estimate of drug-likeness (QED) is 0.783. The zero-order chi connectivity index (χ0) is 16.1. The Balaban J connectivity index is 2.24. The Kier molecular flexibility index (Phi) is 5.50. The van der Waals surface area contributed by atoms with Crippen molar-refractivity contribution in [2.75, 3.05) is 0 Å². The van der Waals surface area contributed by atoms with Crippen LogP contribution < -0.4 is 9.84 Å². The molecule has 0 amide bonds. The summed E-state index contributed by atoms with van der Waals surface area (Å²) >= 11 is 6.05. The third-order valence-electron chi connectivity index (χ3n) is 3.45. The standard InChI is InChI=1S/C17H19ClO4/c1-3-13(4-2)21-15-7-5-12(18)9-11(15)10-14-6-8-16(22-14)17(19)20/h5-9,13H,3-4,10H2,1-2H3,(H,19,20)/p-1. The van der Waals surface area contributed by atoms with Crippen LogP contribution in [0, 0.1) is 0 Å². The van der Waals surface area contributed by atoms with Crippen molar-refractivity contribution >= 4 is 17.6 Å². The molecular formula is C17H18ClO4-. The van der Waals surface area contributed by atoms with E-state index in [1.165, 1.54) is 6.07 Å². The third kappa shape index (κ3) is 4.04. The molecule has 1 heterocycles. The van der Waals surface area contributed by atoms with E-state index in [0.717, 1.165) is 24.2 Å². The lowest BCUT2D eigenvalue weighted by Crippen LogP contribution is -2.21. The first-order chi connectivity index (χ1) is 10.5. The molecule has 22 heavy (non-hydrogen) atoms. The van der Waals surface area contributed by atoms with Gasteiger partial charge in [0.25, 0.3) is 0 Å². The van der Waals surface area contributed by atoms with Gasteiger partial charge in [-0.2, -0.15) is 0 Å². The third-order valence-corrected chi connectivity index (χ3v) is 3.69. The fourth-order valence-electron chi connectivity index (χ4n) is 2.21. The average molecular weight is 322 g/mol. The van der Waals surface area contributed by atoms with Gasteiger partial charge < -0.3 is 19.1 Å². The van der Waals surface area contributed by atoms with Crippen LogP contribution in [-0.4, -0.2) is 12.1 Å². The van der Waals surface area contributed by atoms with E-state index in [1.54, 1.807) is 18.2 Å². The van der Waals surface area contributed by atoms with Crippen molar-refractivity contribution in [3.63, 3.8) is 0 Å². The van der Waals surface area contributed by atoms with Crippen LogP contribution in [0.5, 0.6) is 5.75 Å². The molecule has 1 aromatic heterocycles. The van der Waals surface area contributed by atoms with E-state index in [-0.39, 0.29) is 11.9 Å². The van der Waals surface area contributed by atoms with Crippen molar-refractivity contribution < 1.29 is 19.1 Å². The Morgan fingerprint density at radius 1 is 1.27 bits per heavy atom. The summed E-state index contributed by atoms with van der Waals surface area (Å²) in [6.07, 6.45) is 2.36. The Morgan fingerprint density at radius 2 is 2.00 bits per heavy atom. The number of carboxylic acid groups (broad SMARTS) is 1. The van der Waals surface area contributed by atoms with Gasteiger partial charge >= 0.3 is 0 Å². The van der Waals surface area contributed by atoms with Crippen molar-refractivity contribution in [3.05, 3.63) is 52.4 Å². The molecular weight excluding hydrogens is 304 g/mol. The zero-order valence-corrected chi connectivity index (χ0v) is 13.4. The SMILES string of the molecule is CCC(CC)Oc1ccc(Cl)cc1Cc1ccc(C(=O)[O-])o1. The minimum Gasteiger partial charge on any atom is -0.542 e. The summed E-state index contributed by atoms with van der Waals surface area (Å²) in [5.41, 5.74) is 0.860. The van der Waals surface area contributed by atoms with Gasteiger partial charge in [-0.15, -0.1) is 0 Å². The first kappa shape index (κ1) is 16.4. The molecule has 0 unspecified atom stereocenters. The van der Waals surface area contributed by atoms with Gasteiger partial charge in [0, 0.05) is 17.0 Å². The highest BCUT2D eigenvalue weighted by molar-refractivity contribution is 6.30. The highest BCUT2D eigenvalue weighted by Gasteiger charge is 2.12. The summed E-state index contributed by atoms with van der Waals surface area (Å²) in [4.78, 5) is 10.8.